The zero-order valence-electron chi connectivity index (χ0n) is 15.4. The molecular formula is C19H18Cl2N6O2. The summed E-state index contributed by atoms with van der Waals surface area (Å²) in [5.41, 5.74) is 8.01. The zero-order chi connectivity index (χ0) is 21.0. The van der Waals surface area contributed by atoms with Gasteiger partial charge in [-0.2, -0.15) is 4.99 Å². The number of rotatable bonds is 4. The number of guanidine groups is 2. The highest BCUT2D eigenvalue weighted by atomic mass is 35.5. The van der Waals surface area contributed by atoms with Crippen LogP contribution in [-0.2, 0) is 9.59 Å². The molecule has 1 aliphatic heterocycles. The van der Waals surface area contributed by atoms with Crippen LogP contribution in [0.25, 0.3) is 0 Å². The van der Waals surface area contributed by atoms with E-state index in [1.165, 1.54) is 0 Å². The number of nitrogens with zero attached hydrogens (tertiary/aromatic N) is 2. The number of amides is 2. The summed E-state index contributed by atoms with van der Waals surface area (Å²) in [6, 6.07) is 11.5. The van der Waals surface area contributed by atoms with Gasteiger partial charge in [0.2, 0.25) is 17.8 Å². The van der Waals surface area contributed by atoms with Gasteiger partial charge in [0.25, 0.3) is 5.91 Å². The SMILES string of the molecule is Cc1ccccc1N/C(N)=N/C1=NC(CC(=O)Nc2cccc(Cl)c2Cl)C(=O)N1. The van der Waals surface area contributed by atoms with Crippen LogP contribution in [0.2, 0.25) is 10.0 Å². The third-order valence-corrected chi connectivity index (χ3v) is 4.87. The molecule has 0 aliphatic carbocycles. The average Bonchev–Trinajstić information content (AvgIpc) is 2.99. The summed E-state index contributed by atoms with van der Waals surface area (Å²) in [6.45, 7) is 1.92. The fourth-order valence-electron chi connectivity index (χ4n) is 2.60. The second kappa shape index (κ2) is 8.93. The first kappa shape index (κ1) is 20.6. The van der Waals surface area contributed by atoms with Crippen LogP contribution < -0.4 is 21.7 Å². The van der Waals surface area contributed by atoms with Gasteiger partial charge in [0.1, 0.15) is 6.04 Å². The van der Waals surface area contributed by atoms with Crippen LogP contribution >= 0.6 is 23.2 Å². The lowest BCUT2D eigenvalue weighted by atomic mass is 10.2. The number of benzene rings is 2. The molecule has 0 spiro atoms. The Morgan fingerprint density at radius 2 is 1.90 bits per heavy atom. The summed E-state index contributed by atoms with van der Waals surface area (Å²) in [5.74, 6) is -0.782. The minimum absolute atomic E-state index is 0.0344. The first-order chi connectivity index (χ1) is 13.8. The van der Waals surface area contributed by atoms with Gasteiger partial charge in [-0.3, -0.25) is 14.9 Å². The third kappa shape index (κ3) is 5.24. The predicted molar refractivity (Wildman–Crippen MR) is 115 cm³/mol. The van der Waals surface area contributed by atoms with E-state index in [1.54, 1.807) is 18.2 Å². The van der Waals surface area contributed by atoms with Gasteiger partial charge >= 0.3 is 0 Å². The van der Waals surface area contributed by atoms with Crippen molar-refractivity contribution >= 4 is 58.3 Å². The maximum absolute atomic E-state index is 12.3. The van der Waals surface area contributed by atoms with E-state index in [9.17, 15) is 9.59 Å². The van der Waals surface area contributed by atoms with E-state index in [4.69, 9.17) is 28.9 Å². The van der Waals surface area contributed by atoms with Crippen LogP contribution in [0, 0.1) is 6.92 Å². The second-order valence-electron chi connectivity index (χ2n) is 6.25. The smallest absolute Gasteiger partial charge is 0.252 e. The lowest BCUT2D eigenvalue weighted by molar-refractivity contribution is -0.123. The van der Waals surface area contributed by atoms with E-state index in [2.05, 4.69) is 25.9 Å². The highest BCUT2D eigenvalue weighted by Crippen LogP contribution is 2.29. The maximum atomic E-state index is 12.3. The highest BCUT2D eigenvalue weighted by Gasteiger charge is 2.29. The van der Waals surface area contributed by atoms with Crippen molar-refractivity contribution in [2.24, 2.45) is 15.7 Å². The van der Waals surface area contributed by atoms with Gasteiger partial charge in [0.05, 0.1) is 22.2 Å². The molecule has 8 nitrogen and oxygen atoms in total. The molecule has 0 saturated heterocycles. The number of nitrogens with two attached hydrogens (primary N) is 1. The predicted octanol–water partition coefficient (Wildman–Crippen LogP) is 2.91. The number of hydrogen-bond donors (Lipinski definition) is 4. The molecule has 1 unspecified atom stereocenters. The largest absolute Gasteiger partial charge is 0.369 e. The van der Waals surface area contributed by atoms with Gasteiger partial charge < -0.3 is 16.4 Å². The Morgan fingerprint density at radius 1 is 1.17 bits per heavy atom. The summed E-state index contributed by atoms with van der Waals surface area (Å²) in [5, 5.41) is 8.60. The molecule has 10 heteroatoms. The Hall–Kier alpha value is -3.10. The lowest BCUT2D eigenvalue weighted by Crippen LogP contribution is -2.32. The van der Waals surface area contributed by atoms with E-state index < -0.39 is 17.9 Å². The number of para-hydroxylation sites is 1. The van der Waals surface area contributed by atoms with Gasteiger partial charge in [0, 0.05) is 5.69 Å². The molecule has 0 bridgehead atoms. The van der Waals surface area contributed by atoms with E-state index >= 15 is 0 Å². The number of carbonyl (C=O) groups is 2. The van der Waals surface area contributed by atoms with Crippen LogP contribution in [0.5, 0.6) is 0 Å². The molecule has 0 aromatic heterocycles. The molecule has 1 heterocycles. The number of aryl methyl sites for hydroxylation is 1. The molecule has 0 fully saturated rings. The molecule has 3 rings (SSSR count). The fourth-order valence-corrected chi connectivity index (χ4v) is 2.95. The average molecular weight is 433 g/mol. The molecule has 0 radical (unpaired) electrons. The molecule has 1 aliphatic rings. The maximum Gasteiger partial charge on any atom is 0.252 e. The Morgan fingerprint density at radius 3 is 2.66 bits per heavy atom. The first-order valence-electron chi connectivity index (χ1n) is 8.63. The van der Waals surface area contributed by atoms with Crippen LogP contribution in [0.3, 0.4) is 0 Å². The molecule has 150 valence electrons. The number of hydrogen-bond acceptors (Lipinski definition) is 4. The van der Waals surface area contributed by atoms with E-state index in [0.29, 0.717) is 10.7 Å². The Kier molecular flexibility index (Phi) is 6.36. The van der Waals surface area contributed by atoms with Gasteiger partial charge in [-0.05, 0) is 30.7 Å². The van der Waals surface area contributed by atoms with E-state index in [0.717, 1.165) is 11.3 Å². The number of aliphatic imine (C=N–C) groups is 2. The first-order valence-corrected chi connectivity index (χ1v) is 9.38. The van der Waals surface area contributed by atoms with Gasteiger partial charge in [-0.15, -0.1) is 0 Å². The fraction of sp³-hybridized carbons (Fsp3) is 0.158. The highest BCUT2D eigenvalue weighted by molar-refractivity contribution is 6.44. The van der Waals surface area contributed by atoms with Crippen LogP contribution in [0.4, 0.5) is 11.4 Å². The Bertz CT molecular complexity index is 1020. The van der Waals surface area contributed by atoms with Crippen molar-refractivity contribution in [2.45, 2.75) is 19.4 Å². The van der Waals surface area contributed by atoms with Crippen molar-refractivity contribution in [1.29, 1.82) is 0 Å². The Balaban J connectivity index is 1.64. The number of anilines is 2. The normalized spacial score (nSPS) is 16.2. The molecule has 2 aromatic rings. The van der Waals surface area contributed by atoms with Crippen LogP contribution in [0.1, 0.15) is 12.0 Å². The summed E-state index contributed by atoms with van der Waals surface area (Å²) >= 11 is 12.0. The lowest BCUT2D eigenvalue weighted by Gasteiger charge is -2.09. The van der Waals surface area contributed by atoms with Crippen molar-refractivity contribution < 1.29 is 9.59 Å². The monoisotopic (exact) mass is 432 g/mol. The van der Waals surface area contributed by atoms with Gasteiger partial charge in [0.15, 0.2) is 0 Å². The number of halogens is 2. The van der Waals surface area contributed by atoms with Crippen molar-refractivity contribution in [2.75, 3.05) is 10.6 Å². The molecule has 2 aromatic carbocycles. The summed E-state index contributed by atoms with van der Waals surface area (Å²) in [7, 11) is 0. The van der Waals surface area contributed by atoms with E-state index in [1.807, 2.05) is 31.2 Å². The zero-order valence-corrected chi connectivity index (χ0v) is 16.9. The molecule has 0 saturated carbocycles. The topological polar surface area (TPSA) is 121 Å². The van der Waals surface area contributed by atoms with Gasteiger partial charge in [-0.25, -0.2) is 4.99 Å². The number of carbonyl (C=O) groups excluding carboxylic acids is 2. The van der Waals surface area contributed by atoms with Gasteiger partial charge in [-0.1, -0.05) is 47.5 Å². The van der Waals surface area contributed by atoms with Crippen molar-refractivity contribution in [3.63, 3.8) is 0 Å². The van der Waals surface area contributed by atoms with Crippen molar-refractivity contribution in [1.82, 2.24) is 5.32 Å². The quantitative estimate of drug-likeness (QED) is 0.438. The van der Waals surface area contributed by atoms with Crippen molar-refractivity contribution in [3.05, 3.63) is 58.1 Å². The third-order valence-electron chi connectivity index (χ3n) is 4.05. The van der Waals surface area contributed by atoms with Crippen LogP contribution in [-0.4, -0.2) is 29.8 Å². The van der Waals surface area contributed by atoms with Crippen LogP contribution in [0.15, 0.2) is 52.4 Å². The summed E-state index contributed by atoms with van der Waals surface area (Å²) < 4.78 is 0. The molecule has 5 N–H and O–H groups in total. The molecular weight excluding hydrogens is 415 g/mol. The second-order valence-corrected chi connectivity index (χ2v) is 7.03. The minimum atomic E-state index is -0.919. The summed E-state index contributed by atoms with van der Waals surface area (Å²) in [6.07, 6.45) is -0.182. The summed E-state index contributed by atoms with van der Waals surface area (Å²) in [4.78, 5) is 32.5. The van der Waals surface area contributed by atoms with Crippen molar-refractivity contribution in [3.8, 4) is 0 Å². The molecule has 2 amide bonds. The standard InChI is InChI=1S/C19H18Cl2N6O2/c1-10-5-2-3-7-12(10)24-18(22)27-19-25-14(17(29)26-19)9-15(28)23-13-8-4-6-11(20)16(13)21/h2-8,14H,9H2,1H3,(H,23,28)(H4,22,24,25,26,27,29). The minimum Gasteiger partial charge on any atom is -0.369 e. The molecule has 1 atom stereocenters. The molecule has 29 heavy (non-hydrogen) atoms. The number of nitrogens with one attached hydrogen (secondary N) is 3. The van der Waals surface area contributed by atoms with E-state index in [-0.39, 0.29) is 23.4 Å². The Labute approximate surface area is 177 Å².